The van der Waals surface area contributed by atoms with E-state index in [4.69, 9.17) is 4.74 Å². The Morgan fingerprint density at radius 1 is 1.07 bits per heavy atom. The first-order valence-electron chi connectivity index (χ1n) is 8.45. The average molecular weight is 372 g/mol. The molecule has 0 bridgehead atoms. The maximum Gasteiger partial charge on any atom is 0.262 e. The van der Waals surface area contributed by atoms with Gasteiger partial charge in [-0.2, -0.15) is 0 Å². The first-order chi connectivity index (χ1) is 13.0. The third-order valence-electron chi connectivity index (χ3n) is 4.02. The molecule has 0 saturated heterocycles. The van der Waals surface area contributed by atoms with Crippen molar-refractivity contribution in [3.8, 4) is 5.75 Å². The van der Waals surface area contributed by atoms with Crippen LogP contribution in [0, 0.1) is 11.6 Å². The molecule has 0 fully saturated rings. The fourth-order valence-corrected chi connectivity index (χ4v) is 2.66. The van der Waals surface area contributed by atoms with Gasteiger partial charge in [-0.1, -0.05) is 30.4 Å². The minimum absolute atomic E-state index is 0.269. The van der Waals surface area contributed by atoms with Crippen molar-refractivity contribution in [2.45, 2.75) is 6.42 Å². The van der Waals surface area contributed by atoms with E-state index >= 15 is 0 Å². The summed E-state index contributed by atoms with van der Waals surface area (Å²) in [6, 6.07) is 10.3. The molecule has 0 unspecified atom stereocenters. The summed E-state index contributed by atoms with van der Waals surface area (Å²) in [5, 5.41) is 2.32. The second-order valence-corrected chi connectivity index (χ2v) is 5.97. The lowest BCUT2D eigenvalue weighted by molar-refractivity contribution is -0.118. The number of para-hydroxylation sites is 1. The second-order valence-electron chi connectivity index (χ2n) is 5.97. The van der Waals surface area contributed by atoms with Gasteiger partial charge in [0, 0.05) is 19.2 Å². The average Bonchev–Trinajstić information content (AvgIpc) is 2.69. The molecule has 7 heteroatoms. The Morgan fingerprint density at radius 3 is 2.56 bits per heavy atom. The van der Waals surface area contributed by atoms with Crippen molar-refractivity contribution in [1.29, 1.82) is 0 Å². The lowest BCUT2D eigenvalue weighted by atomic mass is 10.1. The first kappa shape index (κ1) is 18.6. The van der Waals surface area contributed by atoms with E-state index in [0.29, 0.717) is 31.3 Å². The second kappa shape index (κ2) is 8.44. The molecule has 1 aliphatic rings. The highest BCUT2D eigenvalue weighted by Gasteiger charge is 2.22. The summed E-state index contributed by atoms with van der Waals surface area (Å²) < 4.78 is 33.4. The van der Waals surface area contributed by atoms with Crippen LogP contribution in [0.5, 0.6) is 5.75 Å². The summed E-state index contributed by atoms with van der Waals surface area (Å²) in [4.78, 5) is 25.9. The van der Waals surface area contributed by atoms with Gasteiger partial charge >= 0.3 is 0 Å². The molecule has 1 heterocycles. The lowest BCUT2D eigenvalue weighted by Crippen LogP contribution is -2.34. The lowest BCUT2D eigenvalue weighted by Gasteiger charge is -2.24. The number of hydrogen-bond acceptors (Lipinski definition) is 3. The van der Waals surface area contributed by atoms with Crippen LogP contribution in [-0.4, -0.2) is 36.4 Å². The minimum atomic E-state index is -0.967. The van der Waals surface area contributed by atoms with Gasteiger partial charge in [0.1, 0.15) is 17.4 Å². The number of halogens is 2. The molecule has 0 atom stereocenters. The van der Waals surface area contributed by atoms with Crippen LogP contribution in [0.25, 0.3) is 0 Å². The summed E-state index contributed by atoms with van der Waals surface area (Å²) in [6.45, 7) is 0.474. The Bertz CT molecular complexity index is 869. The molecule has 2 amide bonds. The smallest absolute Gasteiger partial charge is 0.262 e. The summed E-state index contributed by atoms with van der Waals surface area (Å²) in [7, 11) is 0. The molecule has 0 radical (unpaired) electrons. The molecule has 5 nitrogen and oxygen atoms in total. The van der Waals surface area contributed by atoms with E-state index in [2.05, 4.69) is 5.32 Å². The molecular formula is C20H18F2N2O3. The number of carbonyl (C=O) groups is 2. The number of nitrogens with zero attached hydrogens (tertiary/aromatic N) is 1. The predicted molar refractivity (Wildman–Crippen MR) is 96.6 cm³/mol. The standard InChI is InChI=1S/C20H18F2N2O3/c21-16-12-17(22)18(11-15(16)20(26)24-9-5-2-6-10-24)23-19(25)13-27-14-7-3-1-4-8-14/h1-5,7-8,11-12H,6,9-10,13H2,(H,23,25). The molecule has 1 aliphatic heterocycles. The molecule has 0 aliphatic carbocycles. The summed E-state index contributed by atoms with van der Waals surface area (Å²) in [6.07, 6.45) is 4.42. The quantitative estimate of drug-likeness (QED) is 0.819. The van der Waals surface area contributed by atoms with Crippen LogP contribution >= 0.6 is 0 Å². The number of ether oxygens (including phenoxy) is 1. The van der Waals surface area contributed by atoms with Gasteiger partial charge in [-0.15, -0.1) is 0 Å². The van der Waals surface area contributed by atoms with Gasteiger partial charge in [0.15, 0.2) is 6.61 Å². The highest BCUT2D eigenvalue weighted by Crippen LogP contribution is 2.22. The molecule has 3 rings (SSSR count). The maximum atomic E-state index is 14.1. The van der Waals surface area contributed by atoms with Crippen LogP contribution in [0.1, 0.15) is 16.8 Å². The minimum Gasteiger partial charge on any atom is -0.484 e. The van der Waals surface area contributed by atoms with E-state index in [1.165, 1.54) is 4.90 Å². The molecule has 2 aromatic carbocycles. The number of rotatable bonds is 5. The van der Waals surface area contributed by atoms with Gasteiger partial charge in [0.2, 0.25) is 0 Å². The van der Waals surface area contributed by atoms with Gasteiger partial charge < -0.3 is 15.0 Å². The van der Waals surface area contributed by atoms with E-state index in [9.17, 15) is 18.4 Å². The monoisotopic (exact) mass is 372 g/mol. The largest absolute Gasteiger partial charge is 0.484 e. The highest BCUT2D eigenvalue weighted by atomic mass is 19.1. The van der Waals surface area contributed by atoms with Crippen molar-refractivity contribution < 1.29 is 23.1 Å². The van der Waals surface area contributed by atoms with Gasteiger partial charge in [-0.3, -0.25) is 9.59 Å². The van der Waals surface area contributed by atoms with Crippen LogP contribution in [-0.2, 0) is 4.79 Å². The fraction of sp³-hybridized carbons (Fsp3) is 0.200. The fourth-order valence-electron chi connectivity index (χ4n) is 2.66. The van der Waals surface area contributed by atoms with Crippen molar-refractivity contribution in [3.05, 3.63) is 71.8 Å². The zero-order chi connectivity index (χ0) is 19.2. The van der Waals surface area contributed by atoms with E-state index < -0.39 is 23.4 Å². The molecular weight excluding hydrogens is 354 g/mol. The zero-order valence-corrected chi connectivity index (χ0v) is 14.5. The molecule has 0 aromatic heterocycles. The SMILES string of the molecule is O=C(COc1ccccc1)Nc1cc(C(=O)N2CC=CCC2)c(F)cc1F. The van der Waals surface area contributed by atoms with Crippen molar-refractivity contribution in [2.75, 3.05) is 25.0 Å². The number of anilines is 1. The third-order valence-corrected chi connectivity index (χ3v) is 4.02. The molecule has 27 heavy (non-hydrogen) atoms. The van der Waals surface area contributed by atoms with Crippen molar-refractivity contribution in [1.82, 2.24) is 4.90 Å². The molecule has 1 N–H and O–H groups in total. The first-order valence-corrected chi connectivity index (χ1v) is 8.45. The van der Waals surface area contributed by atoms with Crippen LogP contribution in [0.15, 0.2) is 54.6 Å². The van der Waals surface area contributed by atoms with E-state index in [1.54, 1.807) is 30.3 Å². The van der Waals surface area contributed by atoms with Crippen LogP contribution in [0.3, 0.4) is 0 Å². The van der Waals surface area contributed by atoms with Gasteiger partial charge in [-0.25, -0.2) is 8.78 Å². The number of nitrogens with one attached hydrogen (secondary N) is 1. The Morgan fingerprint density at radius 2 is 1.85 bits per heavy atom. The summed E-state index contributed by atoms with van der Waals surface area (Å²) in [5.74, 6) is -2.61. The Labute approximate surface area is 155 Å². The molecule has 140 valence electrons. The maximum absolute atomic E-state index is 14.1. The normalized spacial score (nSPS) is 13.3. The summed E-state index contributed by atoms with van der Waals surface area (Å²) in [5.41, 5.74) is -0.556. The number of benzene rings is 2. The summed E-state index contributed by atoms with van der Waals surface area (Å²) >= 11 is 0. The van der Waals surface area contributed by atoms with E-state index in [1.807, 2.05) is 12.2 Å². The van der Waals surface area contributed by atoms with Crippen LogP contribution in [0.2, 0.25) is 0 Å². The number of amides is 2. The van der Waals surface area contributed by atoms with Crippen molar-refractivity contribution in [2.24, 2.45) is 0 Å². The van der Waals surface area contributed by atoms with Crippen LogP contribution < -0.4 is 10.1 Å². The van der Waals surface area contributed by atoms with E-state index in [0.717, 1.165) is 6.07 Å². The van der Waals surface area contributed by atoms with Crippen LogP contribution in [0.4, 0.5) is 14.5 Å². The Balaban J connectivity index is 1.70. The van der Waals surface area contributed by atoms with Crippen molar-refractivity contribution >= 4 is 17.5 Å². The van der Waals surface area contributed by atoms with Gasteiger partial charge in [0.25, 0.3) is 11.8 Å². The predicted octanol–water partition coefficient (Wildman–Crippen LogP) is 3.38. The highest BCUT2D eigenvalue weighted by molar-refractivity contribution is 5.98. The third kappa shape index (κ3) is 4.69. The zero-order valence-electron chi connectivity index (χ0n) is 14.5. The number of hydrogen-bond donors (Lipinski definition) is 1. The Hall–Kier alpha value is -3.22. The van der Waals surface area contributed by atoms with Gasteiger partial charge in [0.05, 0.1) is 11.3 Å². The molecule has 0 saturated carbocycles. The van der Waals surface area contributed by atoms with E-state index in [-0.39, 0.29) is 17.9 Å². The molecule has 0 spiro atoms. The number of carbonyl (C=O) groups excluding carboxylic acids is 2. The van der Waals surface area contributed by atoms with Gasteiger partial charge in [-0.05, 0) is 24.6 Å². The Kier molecular flexibility index (Phi) is 5.80. The molecule has 2 aromatic rings. The topological polar surface area (TPSA) is 58.6 Å². The van der Waals surface area contributed by atoms with Crippen molar-refractivity contribution in [3.63, 3.8) is 0 Å².